The van der Waals surface area contributed by atoms with E-state index in [2.05, 4.69) is 4.90 Å². The monoisotopic (exact) mass is 280 g/mol. The summed E-state index contributed by atoms with van der Waals surface area (Å²) in [6.07, 6.45) is 5.09. The van der Waals surface area contributed by atoms with Crippen molar-refractivity contribution in [3.05, 3.63) is 28.0 Å². The Labute approximate surface area is 117 Å². The highest BCUT2D eigenvalue weighted by atomic mass is 16.6. The maximum Gasteiger partial charge on any atom is 0.433 e. The number of hydrogen-bond acceptors (Lipinski definition) is 5. The first-order chi connectivity index (χ1) is 9.57. The molecule has 3 rings (SSSR count). The van der Waals surface area contributed by atoms with E-state index < -0.39 is 10.5 Å². The average molecular weight is 280 g/mol. The molecule has 0 bridgehead atoms. The first-order valence-corrected chi connectivity index (χ1v) is 7.25. The first kappa shape index (κ1) is 13.6. The number of rotatable bonds is 3. The number of aliphatic hydroxyl groups is 1. The van der Waals surface area contributed by atoms with Gasteiger partial charge in [0, 0.05) is 19.0 Å². The summed E-state index contributed by atoms with van der Waals surface area (Å²) in [6, 6.07) is 3.07. The van der Waals surface area contributed by atoms with Gasteiger partial charge < -0.3 is 9.52 Å². The zero-order valence-corrected chi connectivity index (χ0v) is 11.5. The summed E-state index contributed by atoms with van der Waals surface area (Å²) in [5, 5.41) is 21.2. The Morgan fingerprint density at radius 1 is 1.45 bits per heavy atom. The van der Waals surface area contributed by atoms with Crippen LogP contribution in [-0.4, -0.2) is 33.6 Å². The third kappa shape index (κ3) is 2.58. The topological polar surface area (TPSA) is 79.8 Å². The fourth-order valence-corrected chi connectivity index (χ4v) is 3.55. The second-order valence-electron chi connectivity index (χ2n) is 6.03. The van der Waals surface area contributed by atoms with Gasteiger partial charge in [-0.05, 0) is 25.3 Å². The van der Waals surface area contributed by atoms with Crippen molar-refractivity contribution in [1.29, 1.82) is 0 Å². The lowest BCUT2D eigenvalue weighted by Gasteiger charge is -2.47. The van der Waals surface area contributed by atoms with Crippen LogP contribution in [0.4, 0.5) is 5.88 Å². The van der Waals surface area contributed by atoms with Crippen LogP contribution >= 0.6 is 0 Å². The number of fused-ring (bicyclic) bond motifs is 1. The summed E-state index contributed by atoms with van der Waals surface area (Å²) in [5.41, 5.74) is -0.482. The Morgan fingerprint density at radius 2 is 2.30 bits per heavy atom. The SMILES string of the molecule is O=[N+]([O-])c1ccc(CN2CCC3(O)CCCCC3C2)o1. The minimum Gasteiger partial charge on any atom is -0.404 e. The van der Waals surface area contributed by atoms with Gasteiger partial charge in [0.2, 0.25) is 0 Å². The van der Waals surface area contributed by atoms with Gasteiger partial charge in [-0.3, -0.25) is 15.0 Å². The molecule has 1 aromatic heterocycles. The zero-order chi connectivity index (χ0) is 14.2. The molecule has 110 valence electrons. The van der Waals surface area contributed by atoms with E-state index in [1.807, 2.05) is 0 Å². The molecule has 2 unspecified atom stereocenters. The van der Waals surface area contributed by atoms with E-state index in [0.29, 0.717) is 18.2 Å². The summed E-state index contributed by atoms with van der Waals surface area (Å²) >= 11 is 0. The normalized spacial score (nSPS) is 30.9. The molecule has 20 heavy (non-hydrogen) atoms. The van der Waals surface area contributed by atoms with E-state index in [4.69, 9.17) is 4.42 Å². The third-order valence-corrected chi connectivity index (χ3v) is 4.72. The van der Waals surface area contributed by atoms with Crippen molar-refractivity contribution in [2.75, 3.05) is 13.1 Å². The lowest BCUT2D eigenvalue weighted by atomic mass is 9.71. The summed E-state index contributed by atoms with van der Waals surface area (Å²) < 4.78 is 5.21. The number of nitrogens with zero attached hydrogens (tertiary/aromatic N) is 2. The van der Waals surface area contributed by atoms with Crippen LogP contribution in [0.25, 0.3) is 0 Å². The van der Waals surface area contributed by atoms with Crippen LogP contribution in [-0.2, 0) is 6.54 Å². The van der Waals surface area contributed by atoms with E-state index >= 15 is 0 Å². The Balaban J connectivity index is 1.63. The van der Waals surface area contributed by atoms with Crippen LogP contribution in [0.3, 0.4) is 0 Å². The maximum absolute atomic E-state index is 10.6. The zero-order valence-electron chi connectivity index (χ0n) is 11.5. The standard InChI is InChI=1S/C14H20N2O4/c17-14-6-2-1-3-11(14)9-15(8-7-14)10-12-4-5-13(20-12)16(18)19/h4-5,11,17H,1-3,6-10H2. The summed E-state index contributed by atoms with van der Waals surface area (Å²) in [6.45, 7) is 2.26. The molecule has 6 heteroatoms. The van der Waals surface area contributed by atoms with Gasteiger partial charge in [-0.25, -0.2) is 0 Å². The smallest absolute Gasteiger partial charge is 0.404 e. The van der Waals surface area contributed by atoms with Crippen molar-refractivity contribution in [2.45, 2.75) is 44.2 Å². The van der Waals surface area contributed by atoms with E-state index in [0.717, 1.165) is 38.8 Å². The van der Waals surface area contributed by atoms with Crippen molar-refractivity contribution in [1.82, 2.24) is 4.90 Å². The molecule has 1 N–H and O–H groups in total. The van der Waals surface area contributed by atoms with Gasteiger partial charge in [0.1, 0.15) is 10.7 Å². The molecule has 2 fully saturated rings. The van der Waals surface area contributed by atoms with Crippen molar-refractivity contribution < 1.29 is 14.4 Å². The molecule has 0 spiro atoms. The van der Waals surface area contributed by atoms with Crippen LogP contribution in [0.5, 0.6) is 0 Å². The number of piperidine rings is 1. The molecule has 1 saturated carbocycles. The molecule has 2 heterocycles. The fraction of sp³-hybridized carbons (Fsp3) is 0.714. The lowest BCUT2D eigenvalue weighted by molar-refractivity contribution is -0.402. The van der Waals surface area contributed by atoms with Crippen molar-refractivity contribution in [3.63, 3.8) is 0 Å². The van der Waals surface area contributed by atoms with E-state index in [-0.39, 0.29) is 5.88 Å². The summed E-state index contributed by atoms with van der Waals surface area (Å²) in [5.74, 6) is 0.749. The highest BCUT2D eigenvalue weighted by Crippen LogP contribution is 2.40. The predicted molar refractivity (Wildman–Crippen MR) is 72.2 cm³/mol. The second-order valence-corrected chi connectivity index (χ2v) is 6.03. The molecule has 2 atom stereocenters. The Morgan fingerprint density at radius 3 is 3.05 bits per heavy atom. The molecule has 2 aliphatic rings. The quantitative estimate of drug-likeness (QED) is 0.679. The highest BCUT2D eigenvalue weighted by molar-refractivity contribution is 5.17. The number of likely N-dealkylation sites (tertiary alicyclic amines) is 1. The van der Waals surface area contributed by atoms with Crippen LogP contribution in [0.15, 0.2) is 16.5 Å². The Bertz CT molecular complexity index is 501. The molecule has 0 aromatic carbocycles. The molecule has 1 saturated heterocycles. The third-order valence-electron chi connectivity index (χ3n) is 4.72. The second kappa shape index (κ2) is 5.18. The van der Waals surface area contributed by atoms with E-state index in [9.17, 15) is 15.2 Å². The van der Waals surface area contributed by atoms with Crippen LogP contribution in [0, 0.1) is 16.0 Å². The molecule has 0 amide bonds. The molecular weight excluding hydrogens is 260 g/mol. The van der Waals surface area contributed by atoms with Gasteiger partial charge >= 0.3 is 5.88 Å². The highest BCUT2D eigenvalue weighted by Gasteiger charge is 2.42. The molecule has 1 aromatic rings. The van der Waals surface area contributed by atoms with Crippen LogP contribution in [0.2, 0.25) is 0 Å². The van der Waals surface area contributed by atoms with Crippen molar-refractivity contribution in [2.24, 2.45) is 5.92 Å². The van der Waals surface area contributed by atoms with Crippen LogP contribution < -0.4 is 0 Å². The number of hydrogen-bond donors (Lipinski definition) is 1. The van der Waals surface area contributed by atoms with Crippen molar-refractivity contribution in [3.8, 4) is 0 Å². The molecule has 1 aliphatic carbocycles. The molecule has 6 nitrogen and oxygen atoms in total. The summed E-state index contributed by atoms with van der Waals surface area (Å²) in [4.78, 5) is 12.3. The van der Waals surface area contributed by atoms with E-state index in [1.165, 1.54) is 12.5 Å². The number of nitro groups is 1. The van der Waals surface area contributed by atoms with Gasteiger partial charge in [-0.1, -0.05) is 12.8 Å². The van der Waals surface area contributed by atoms with Crippen LogP contribution in [0.1, 0.15) is 37.9 Å². The Kier molecular flexibility index (Phi) is 3.52. The van der Waals surface area contributed by atoms with Gasteiger partial charge in [-0.15, -0.1) is 0 Å². The lowest BCUT2D eigenvalue weighted by Crippen LogP contribution is -2.52. The average Bonchev–Trinajstić information content (AvgIpc) is 2.88. The van der Waals surface area contributed by atoms with Gasteiger partial charge in [0.15, 0.2) is 0 Å². The molecule has 1 aliphatic heterocycles. The van der Waals surface area contributed by atoms with E-state index in [1.54, 1.807) is 6.07 Å². The minimum absolute atomic E-state index is 0.203. The first-order valence-electron chi connectivity index (χ1n) is 7.25. The van der Waals surface area contributed by atoms with Gasteiger partial charge in [0.25, 0.3) is 0 Å². The Hall–Kier alpha value is -1.40. The fourth-order valence-electron chi connectivity index (χ4n) is 3.55. The minimum atomic E-state index is -0.514. The molecule has 0 radical (unpaired) electrons. The van der Waals surface area contributed by atoms with Crippen molar-refractivity contribution >= 4 is 5.88 Å². The number of furan rings is 1. The van der Waals surface area contributed by atoms with Gasteiger partial charge in [0.05, 0.1) is 18.2 Å². The predicted octanol–water partition coefficient (Wildman–Crippen LogP) is 2.31. The van der Waals surface area contributed by atoms with Gasteiger partial charge in [-0.2, -0.15) is 0 Å². The largest absolute Gasteiger partial charge is 0.433 e. The molecular formula is C14H20N2O4. The summed E-state index contributed by atoms with van der Waals surface area (Å²) in [7, 11) is 0. The maximum atomic E-state index is 10.6.